The summed E-state index contributed by atoms with van der Waals surface area (Å²) < 4.78 is 28.8. The molecule has 0 fully saturated rings. The second-order valence-corrected chi connectivity index (χ2v) is 12.7. The fourth-order valence-corrected chi connectivity index (χ4v) is 6.77. The Bertz CT molecular complexity index is 1730. The third-order valence-electron chi connectivity index (χ3n) is 7.10. The van der Waals surface area contributed by atoms with Crippen LogP contribution in [0.25, 0.3) is 20.2 Å². The molecule has 1 amide bonds. The number of methoxy groups -OCH3 is 1. The molecule has 0 unspecified atom stereocenters. The molecule has 252 valence electrons. The molecule has 0 saturated heterocycles. The van der Waals surface area contributed by atoms with Crippen LogP contribution in [-0.2, 0) is 19.1 Å². The first-order valence-electron chi connectivity index (χ1n) is 15.4. The van der Waals surface area contributed by atoms with Gasteiger partial charge in [-0.05, 0) is 61.7 Å². The van der Waals surface area contributed by atoms with Gasteiger partial charge in [-0.1, -0.05) is 0 Å². The van der Waals surface area contributed by atoms with Crippen LogP contribution in [0.3, 0.4) is 0 Å². The summed E-state index contributed by atoms with van der Waals surface area (Å²) in [5.41, 5.74) is 0. The highest BCUT2D eigenvalue weighted by Crippen LogP contribution is 2.38. The Labute approximate surface area is 280 Å². The first-order chi connectivity index (χ1) is 22.6. The average Bonchev–Trinajstić information content (AvgIpc) is 3.67. The van der Waals surface area contributed by atoms with Gasteiger partial charge >= 0.3 is 11.9 Å². The van der Waals surface area contributed by atoms with Crippen LogP contribution in [-0.4, -0.2) is 80.8 Å². The highest BCUT2D eigenvalue weighted by Gasteiger charge is 2.19. The predicted molar refractivity (Wildman–Crippen MR) is 180 cm³/mol. The molecule has 11 nitrogen and oxygen atoms in total. The molecule has 0 atom stereocenters. The van der Waals surface area contributed by atoms with E-state index in [1.807, 2.05) is 18.2 Å². The van der Waals surface area contributed by atoms with E-state index < -0.39 is 5.97 Å². The minimum absolute atomic E-state index is 0.0158. The van der Waals surface area contributed by atoms with Gasteiger partial charge in [0.05, 0.1) is 56.1 Å². The molecule has 2 heterocycles. The van der Waals surface area contributed by atoms with Crippen molar-refractivity contribution in [3.05, 3.63) is 46.2 Å². The summed E-state index contributed by atoms with van der Waals surface area (Å²) in [5, 5.41) is 12.1. The number of ketones is 1. The van der Waals surface area contributed by atoms with Gasteiger partial charge in [0.15, 0.2) is 28.8 Å². The Kier molecular flexibility index (Phi) is 12.8. The maximum absolute atomic E-state index is 12.9. The van der Waals surface area contributed by atoms with Gasteiger partial charge in [0.1, 0.15) is 0 Å². The van der Waals surface area contributed by atoms with Crippen LogP contribution in [0.1, 0.15) is 65.3 Å². The molecule has 47 heavy (non-hydrogen) atoms. The third-order valence-corrected chi connectivity index (χ3v) is 9.33. The zero-order chi connectivity index (χ0) is 33.9. The molecule has 13 heteroatoms. The second kappa shape index (κ2) is 17.0. The number of ether oxygens (including phenoxy) is 5. The van der Waals surface area contributed by atoms with Gasteiger partial charge in [-0.3, -0.25) is 19.2 Å². The molecule has 0 radical (unpaired) electrons. The largest absolute Gasteiger partial charge is 0.504 e. The summed E-state index contributed by atoms with van der Waals surface area (Å²) in [5.74, 6) is 0.343. The van der Waals surface area contributed by atoms with E-state index in [-0.39, 0.29) is 55.8 Å². The van der Waals surface area contributed by atoms with Crippen LogP contribution >= 0.6 is 22.7 Å². The molecule has 1 N–H and O–H groups in total. The maximum Gasteiger partial charge on any atom is 0.307 e. The number of benzene rings is 2. The second-order valence-electron chi connectivity index (χ2n) is 10.5. The molecule has 2 aromatic carbocycles. The number of esters is 2. The van der Waals surface area contributed by atoms with Gasteiger partial charge in [0.2, 0.25) is 0 Å². The predicted octanol–water partition coefficient (Wildman–Crippen LogP) is 6.62. The Morgan fingerprint density at radius 3 is 1.96 bits per heavy atom. The number of rotatable bonds is 18. The zero-order valence-corrected chi connectivity index (χ0v) is 28.6. The van der Waals surface area contributed by atoms with Gasteiger partial charge in [0.25, 0.3) is 5.91 Å². The number of hydrogen-bond acceptors (Lipinski definition) is 12. The number of nitrogens with zero attached hydrogens (tertiary/aromatic N) is 1. The van der Waals surface area contributed by atoms with Gasteiger partial charge in [-0.15, -0.1) is 22.7 Å². The lowest BCUT2D eigenvalue weighted by molar-refractivity contribution is -0.144. The number of carbonyl (C=O) groups is 4. The Morgan fingerprint density at radius 1 is 0.723 bits per heavy atom. The number of unbranched alkanes of at least 4 members (excludes halogenated alkanes) is 1. The van der Waals surface area contributed by atoms with Crippen molar-refractivity contribution in [1.29, 1.82) is 0 Å². The van der Waals surface area contributed by atoms with E-state index in [1.165, 1.54) is 27.6 Å². The van der Waals surface area contributed by atoms with Crippen molar-refractivity contribution in [2.75, 3.05) is 47.1 Å². The number of phenols is 1. The van der Waals surface area contributed by atoms with Crippen molar-refractivity contribution >= 4 is 66.5 Å². The zero-order valence-electron chi connectivity index (χ0n) is 26.9. The normalized spacial score (nSPS) is 11.0. The van der Waals surface area contributed by atoms with E-state index >= 15 is 0 Å². The topological polar surface area (TPSA) is 138 Å². The minimum Gasteiger partial charge on any atom is -0.504 e. The lowest BCUT2D eigenvalue weighted by Gasteiger charge is -2.15. The van der Waals surface area contributed by atoms with Crippen LogP contribution in [0.15, 0.2) is 36.4 Å². The molecule has 0 bridgehead atoms. The van der Waals surface area contributed by atoms with E-state index in [9.17, 15) is 24.3 Å². The number of hydrogen-bond donors (Lipinski definition) is 1. The SMILES string of the molecule is CCOC(=O)CCC(=O)c1cc2cc(OCCCCOc3cc4cc(C(=O)N(C)CCC(=O)OCC)sc4cc3OC)c(O)cc2s1. The number of carbonyl (C=O) groups excluding carboxylic acids is 4. The Hall–Kier alpha value is -4.36. The summed E-state index contributed by atoms with van der Waals surface area (Å²) in [4.78, 5) is 51.3. The molecule has 2 aromatic heterocycles. The number of amides is 1. The quantitative estimate of drug-likeness (QED) is 0.0691. The van der Waals surface area contributed by atoms with Crippen molar-refractivity contribution in [2.24, 2.45) is 0 Å². The molecule has 4 rings (SSSR count). The number of fused-ring (bicyclic) bond motifs is 2. The van der Waals surface area contributed by atoms with E-state index in [0.29, 0.717) is 59.7 Å². The average molecular weight is 686 g/mol. The minimum atomic E-state index is -0.403. The summed E-state index contributed by atoms with van der Waals surface area (Å²) in [6.07, 6.45) is 1.54. The van der Waals surface area contributed by atoms with Gasteiger partial charge in [0, 0.05) is 41.5 Å². The highest BCUT2D eigenvalue weighted by molar-refractivity contribution is 7.21. The lowest BCUT2D eigenvalue weighted by Crippen LogP contribution is -2.28. The standard InChI is InChI=1S/C34H39NO10S2/c1-5-42-32(38)10-9-23(36)30-17-21-15-25(24(37)19-28(21)46-30)44-13-7-8-14-45-27-16-22-18-31(47-29(22)20-26(27)41-4)34(40)35(3)12-11-33(39)43-6-2/h15-20,37H,5-14H2,1-4H3. The molecular formula is C34H39NO10S2. The first-order valence-corrected chi connectivity index (χ1v) is 17.0. The number of Topliss-reactive ketones (excluding diaryl/α,β-unsaturated/α-hetero) is 1. The van der Waals surface area contributed by atoms with Gasteiger partial charge in [-0.2, -0.15) is 0 Å². The van der Waals surface area contributed by atoms with Crippen molar-refractivity contribution in [3.8, 4) is 23.0 Å². The summed E-state index contributed by atoms with van der Waals surface area (Å²) in [6.45, 7) is 5.04. The molecule has 0 aliphatic heterocycles. The number of aromatic hydroxyl groups is 1. The fraction of sp³-hybridized carbons (Fsp3) is 0.412. The number of phenolic OH excluding ortho intramolecular Hbond substituents is 1. The van der Waals surface area contributed by atoms with E-state index in [0.717, 1.165) is 20.2 Å². The first kappa shape index (κ1) is 35.5. The summed E-state index contributed by atoms with van der Waals surface area (Å²) >= 11 is 2.61. The van der Waals surface area contributed by atoms with E-state index in [1.54, 1.807) is 46.2 Å². The summed E-state index contributed by atoms with van der Waals surface area (Å²) in [7, 11) is 3.22. The van der Waals surface area contributed by atoms with Crippen molar-refractivity contribution < 1.29 is 48.0 Å². The molecular weight excluding hydrogens is 647 g/mol. The fourth-order valence-electron chi connectivity index (χ4n) is 4.66. The molecule has 4 aromatic rings. The Morgan fingerprint density at radius 2 is 1.30 bits per heavy atom. The Balaban J connectivity index is 1.27. The van der Waals surface area contributed by atoms with Crippen LogP contribution in [0.5, 0.6) is 23.0 Å². The molecule has 0 saturated carbocycles. The number of thiophene rings is 2. The van der Waals surface area contributed by atoms with Crippen molar-refractivity contribution in [1.82, 2.24) is 4.90 Å². The summed E-state index contributed by atoms with van der Waals surface area (Å²) in [6, 6.07) is 10.5. The van der Waals surface area contributed by atoms with Crippen molar-refractivity contribution in [2.45, 2.75) is 46.0 Å². The molecule has 0 aliphatic rings. The van der Waals surface area contributed by atoms with Crippen LogP contribution < -0.4 is 14.2 Å². The van der Waals surface area contributed by atoms with E-state index in [4.69, 9.17) is 23.7 Å². The van der Waals surface area contributed by atoms with E-state index in [2.05, 4.69) is 0 Å². The van der Waals surface area contributed by atoms with Crippen LogP contribution in [0.4, 0.5) is 0 Å². The lowest BCUT2D eigenvalue weighted by atomic mass is 10.1. The smallest absolute Gasteiger partial charge is 0.307 e. The van der Waals surface area contributed by atoms with Crippen LogP contribution in [0, 0.1) is 0 Å². The third kappa shape index (κ3) is 9.58. The van der Waals surface area contributed by atoms with Crippen LogP contribution in [0.2, 0.25) is 0 Å². The molecule has 0 aliphatic carbocycles. The highest BCUT2D eigenvalue weighted by atomic mass is 32.1. The monoisotopic (exact) mass is 685 g/mol. The molecule has 0 spiro atoms. The van der Waals surface area contributed by atoms with Crippen molar-refractivity contribution in [3.63, 3.8) is 0 Å². The van der Waals surface area contributed by atoms with Gasteiger partial charge < -0.3 is 33.7 Å². The maximum atomic E-state index is 12.9. The van der Waals surface area contributed by atoms with Gasteiger partial charge in [-0.25, -0.2) is 0 Å².